The van der Waals surface area contributed by atoms with Gasteiger partial charge in [-0.2, -0.15) is 0 Å². The number of amidine groups is 1. The van der Waals surface area contributed by atoms with Crippen LogP contribution in [-0.2, 0) is 20.7 Å². The van der Waals surface area contributed by atoms with Crippen molar-refractivity contribution in [1.29, 1.82) is 0 Å². The first-order chi connectivity index (χ1) is 17.9. The van der Waals surface area contributed by atoms with Crippen molar-refractivity contribution in [3.05, 3.63) is 53.6 Å². The summed E-state index contributed by atoms with van der Waals surface area (Å²) in [5, 5.41) is 2.82. The molecule has 1 saturated heterocycles. The first-order valence-corrected chi connectivity index (χ1v) is 13.2. The summed E-state index contributed by atoms with van der Waals surface area (Å²) in [5.74, 6) is 0.578. The van der Waals surface area contributed by atoms with E-state index in [-0.39, 0.29) is 18.2 Å². The van der Waals surface area contributed by atoms with Gasteiger partial charge in [-0.15, -0.1) is 0 Å². The molecule has 0 spiro atoms. The molecule has 37 heavy (non-hydrogen) atoms. The van der Waals surface area contributed by atoms with E-state index in [1.54, 1.807) is 29.2 Å². The van der Waals surface area contributed by atoms with Crippen molar-refractivity contribution in [2.45, 2.75) is 38.9 Å². The van der Waals surface area contributed by atoms with Gasteiger partial charge in [0, 0.05) is 19.5 Å². The number of nitrogens with zero attached hydrogens (tertiary/aromatic N) is 2. The summed E-state index contributed by atoms with van der Waals surface area (Å²) < 4.78 is 16.0. The molecule has 1 unspecified atom stereocenters. The molecule has 1 atom stereocenters. The Hall–Kier alpha value is -3.53. The van der Waals surface area contributed by atoms with Crippen LogP contribution in [0.15, 0.2) is 47.5 Å². The van der Waals surface area contributed by atoms with Gasteiger partial charge in [0.15, 0.2) is 16.7 Å². The van der Waals surface area contributed by atoms with E-state index in [0.29, 0.717) is 60.6 Å². The van der Waals surface area contributed by atoms with E-state index in [4.69, 9.17) is 14.2 Å². The second-order valence-electron chi connectivity index (χ2n) is 8.07. The Kier molecular flexibility index (Phi) is 10.4. The fourth-order valence-electron chi connectivity index (χ4n) is 3.75. The van der Waals surface area contributed by atoms with E-state index in [0.717, 1.165) is 5.56 Å². The zero-order chi connectivity index (χ0) is 26.8. The number of methoxy groups -OCH3 is 1. The van der Waals surface area contributed by atoms with E-state index in [2.05, 4.69) is 10.3 Å². The number of ether oxygens (including phenoxy) is 3. The summed E-state index contributed by atoms with van der Waals surface area (Å²) in [7, 11) is 1.32. The van der Waals surface area contributed by atoms with Crippen LogP contribution < -0.4 is 14.8 Å². The van der Waals surface area contributed by atoms with E-state index >= 15 is 0 Å². The van der Waals surface area contributed by atoms with Gasteiger partial charge in [-0.1, -0.05) is 17.8 Å². The van der Waals surface area contributed by atoms with Crippen LogP contribution in [-0.4, -0.2) is 66.5 Å². The van der Waals surface area contributed by atoms with Crippen molar-refractivity contribution >= 4 is 40.4 Å². The Labute approximate surface area is 221 Å². The number of amides is 2. The normalized spacial score (nSPS) is 16.4. The average Bonchev–Trinajstić information content (AvgIpc) is 2.90. The number of rotatable bonds is 11. The molecule has 198 valence electrons. The first kappa shape index (κ1) is 28.0. The molecule has 2 amide bonds. The van der Waals surface area contributed by atoms with Crippen molar-refractivity contribution in [2.24, 2.45) is 4.99 Å². The average molecular weight is 528 g/mol. The molecule has 1 N–H and O–H groups in total. The topological polar surface area (TPSA) is 107 Å². The van der Waals surface area contributed by atoms with Gasteiger partial charge in [-0.25, -0.2) is 9.79 Å². The van der Waals surface area contributed by atoms with Gasteiger partial charge in [0.25, 0.3) is 0 Å². The Morgan fingerprint density at radius 1 is 1.05 bits per heavy atom. The number of benzene rings is 2. The molecular formula is C27H33N3O6S. The Balaban J connectivity index is 1.64. The van der Waals surface area contributed by atoms with Crippen molar-refractivity contribution in [1.82, 2.24) is 10.2 Å². The third-order valence-corrected chi connectivity index (χ3v) is 6.77. The minimum atomic E-state index is -0.581. The fraction of sp³-hybridized carbons (Fsp3) is 0.407. The molecule has 1 aliphatic rings. The smallest absolute Gasteiger partial charge is 0.337 e. The van der Waals surface area contributed by atoms with Gasteiger partial charge in [-0.05, 0) is 69.2 Å². The molecular weight excluding hydrogens is 494 g/mol. The highest BCUT2D eigenvalue weighted by molar-refractivity contribution is 8.15. The van der Waals surface area contributed by atoms with Crippen LogP contribution in [0.4, 0.5) is 5.69 Å². The molecule has 0 saturated carbocycles. The Bertz CT molecular complexity index is 1140. The van der Waals surface area contributed by atoms with Crippen molar-refractivity contribution in [3.63, 3.8) is 0 Å². The lowest BCUT2D eigenvalue weighted by Crippen LogP contribution is -2.46. The second kappa shape index (κ2) is 13.7. The molecule has 10 heteroatoms. The number of hydrogen-bond acceptors (Lipinski definition) is 8. The van der Waals surface area contributed by atoms with Crippen LogP contribution >= 0.6 is 11.8 Å². The molecule has 0 aromatic heterocycles. The van der Waals surface area contributed by atoms with E-state index < -0.39 is 11.2 Å². The number of thioether (sulfide) groups is 1. The van der Waals surface area contributed by atoms with E-state index in [9.17, 15) is 14.4 Å². The summed E-state index contributed by atoms with van der Waals surface area (Å²) in [4.78, 5) is 43.5. The quantitative estimate of drug-likeness (QED) is 0.441. The Morgan fingerprint density at radius 2 is 1.76 bits per heavy atom. The summed E-state index contributed by atoms with van der Waals surface area (Å²) in [5.41, 5.74) is 1.99. The fourth-order valence-corrected chi connectivity index (χ4v) is 4.93. The number of esters is 1. The zero-order valence-electron chi connectivity index (χ0n) is 21.6. The number of carbonyl (C=O) groups excluding carboxylic acids is 3. The maximum absolute atomic E-state index is 12.9. The molecule has 1 fully saturated rings. The van der Waals surface area contributed by atoms with Gasteiger partial charge in [0.2, 0.25) is 11.8 Å². The van der Waals surface area contributed by atoms with Crippen LogP contribution in [0.25, 0.3) is 0 Å². The molecule has 2 aromatic carbocycles. The van der Waals surface area contributed by atoms with Gasteiger partial charge in [0.1, 0.15) is 0 Å². The molecule has 0 bridgehead atoms. The first-order valence-electron chi connectivity index (χ1n) is 12.3. The van der Waals surface area contributed by atoms with Crippen LogP contribution in [0, 0.1) is 0 Å². The highest BCUT2D eigenvalue weighted by Gasteiger charge is 2.35. The molecule has 3 rings (SSSR count). The summed E-state index contributed by atoms with van der Waals surface area (Å²) in [6.45, 7) is 7.64. The number of carbonyl (C=O) groups is 3. The van der Waals surface area contributed by atoms with Gasteiger partial charge >= 0.3 is 5.97 Å². The van der Waals surface area contributed by atoms with Crippen molar-refractivity contribution < 1.29 is 28.6 Å². The van der Waals surface area contributed by atoms with Crippen LogP contribution in [0.5, 0.6) is 11.5 Å². The molecule has 0 aliphatic carbocycles. The summed E-state index contributed by atoms with van der Waals surface area (Å²) in [6, 6.07) is 12.3. The van der Waals surface area contributed by atoms with Gasteiger partial charge < -0.3 is 19.5 Å². The monoisotopic (exact) mass is 527 g/mol. The van der Waals surface area contributed by atoms with Crippen LogP contribution in [0.3, 0.4) is 0 Å². The van der Waals surface area contributed by atoms with Crippen molar-refractivity contribution in [2.75, 3.05) is 33.4 Å². The second-order valence-corrected chi connectivity index (χ2v) is 9.24. The summed E-state index contributed by atoms with van der Waals surface area (Å²) in [6.07, 6.45) is 0.709. The third kappa shape index (κ3) is 7.48. The lowest BCUT2D eigenvalue weighted by molar-refractivity contribution is -0.130. The maximum Gasteiger partial charge on any atom is 0.337 e. The van der Waals surface area contributed by atoms with E-state index in [1.165, 1.54) is 18.9 Å². The van der Waals surface area contributed by atoms with E-state index in [1.807, 2.05) is 39.0 Å². The molecule has 0 radical (unpaired) electrons. The predicted molar refractivity (Wildman–Crippen MR) is 144 cm³/mol. The molecule has 1 aliphatic heterocycles. The third-order valence-electron chi connectivity index (χ3n) is 5.58. The van der Waals surface area contributed by atoms with Crippen LogP contribution in [0.2, 0.25) is 0 Å². The van der Waals surface area contributed by atoms with Gasteiger partial charge in [-0.3, -0.25) is 14.5 Å². The standard InChI is InChI=1S/C27H33N3O6S/c1-5-30-24(31)17-23(37-27(30)29-20-11-9-19(10-12-20)26(33)34-4)25(32)28-15-14-18-8-13-21(35-6-2)22(16-18)36-7-3/h8-13,16,23H,5-7,14-15,17H2,1-4H3,(H,28,32). The lowest BCUT2D eigenvalue weighted by atomic mass is 10.1. The predicted octanol–water partition coefficient (Wildman–Crippen LogP) is 3.97. The number of nitrogens with one attached hydrogen (secondary N) is 1. The maximum atomic E-state index is 12.9. The largest absolute Gasteiger partial charge is 0.490 e. The molecule has 2 aromatic rings. The molecule has 9 nitrogen and oxygen atoms in total. The minimum Gasteiger partial charge on any atom is -0.490 e. The number of hydrogen-bond donors (Lipinski definition) is 1. The van der Waals surface area contributed by atoms with Crippen LogP contribution in [0.1, 0.15) is 43.1 Å². The number of aliphatic imine (C=N–C) groups is 1. The Morgan fingerprint density at radius 3 is 2.41 bits per heavy atom. The highest BCUT2D eigenvalue weighted by atomic mass is 32.2. The highest BCUT2D eigenvalue weighted by Crippen LogP contribution is 2.30. The zero-order valence-corrected chi connectivity index (χ0v) is 22.4. The SMILES string of the molecule is CCOc1ccc(CCNC(=O)C2CC(=O)N(CC)C(=Nc3ccc(C(=O)OC)cc3)S2)cc1OCC. The summed E-state index contributed by atoms with van der Waals surface area (Å²) >= 11 is 1.26. The molecule has 1 heterocycles. The lowest BCUT2D eigenvalue weighted by Gasteiger charge is -2.30. The van der Waals surface area contributed by atoms with Gasteiger partial charge in [0.05, 0.1) is 36.8 Å². The minimum absolute atomic E-state index is 0.0994. The van der Waals surface area contributed by atoms with Crippen molar-refractivity contribution in [3.8, 4) is 11.5 Å².